The molecule has 2 fully saturated rings. The van der Waals surface area contributed by atoms with Crippen molar-refractivity contribution in [1.82, 2.24) is 19.8 Å². The van der Waals surface area contributed by atoms with Crippen molar-refractivity contribution in [2.75, 3.05) is 74.3 Å². The Labute approximate surface area is 233 Å². The maximum atomic E-state index is 11.7. The van der Waals surface area contributed by atoms with Gasteiger partial charge in [0.1, 0.15) is 10.8 Å². The molecule has 0 unspecified atom stereocenters. The van der Waals surface area contributed by atoms with E-state index in [4.69, 9.17) is 16.3 Å². The lowest BCUT2D eigenvalue weighted by atomic mass is 10.1. The van der Waals surface area contributed by atoms with E-state index in [1.807, 2.05) is 36.4 Å². The molecule has 10 nitrogen and oxygen atoms in total. The molecule has 0 atom stereocenters. The second-order valence-electron chi connectivity index (χ2n) is 9.68. The van der Waals surface area contributed by atoms with Crippen LogP contribution in [0.2, 0.25) is 5.02 Å². The first-order valence-electron chi connectivity index (χ1n) is 12.9. The number of methoxy groups -OCH3 is 1. The third-order valence-electron chi connectivity index (χ3n) is 6.91. The molecule has 3 heterocycles. The topological polar surface area (TPSA) is 97.9 Å². The predicted octanol–water partition coefficient (Wildman–Crippen LogP) is 4.19. The number of piperazine rings is 1. The van der Waals surface area contributed by atoms with Crippen LogP contribution >= 0.6 is 11.6 Å². The number of hydrogen-bond donors (Lipinski definition) is 3. The van der Waals surface area contributed by atoms with Crippen LogP contribution in [0.5, 0.6) is 5.75 Å². The van der Waals surface area contributed by atoms with Crippen molar-refractivity contribution >= 4 is 52.0 Å². The number of ether oxygens (including phenoxy) is 1. The van der Waals surface area contributed by atoms with Crippen LogP contribution in [0.4, 0.5) is 34.5 Å². The van der Waals surface area contributed by atoms with Gasteiger partial charge in [-0.25, -0.2) is 4.98 Å². The van der Waals surface area contributed by atoms with E-state index >= 15 is 0 Å². The minimum atomic E-state index is -0.0464. The second kappa shape index (κ2) is 11.8. The van der Waals surface area contributed by atoms with Crippen molar-refractivity contribution < 1.29 is 9.53 Å². The lowest BCUT2D eigenvalue weighted by Crippen LogP contribution is -2.56. The number of nitrogens with one attached hydrogen (secondary N) is 3. The largest absolute Gasteiger partial charge is 0.494 e. The van der Waals surface area contributed by atoms with E-state index in [1.165, 1.54) is 6.08 Å². The quantitative estimate of drug-likeness (QED) is 0.340. The van der Waals surface area contributed by atoms with Crippen LogP contribution in [0.25, 0.3) is 0 Å². The van der Waals surface area contributed by atoms with Crippen molar-refractivity contribution in [3.63, 3.8) is 0 Å². The highest BCUT2D eigenvalue weighted by molar-refractivity contribution is 6.32. The fraction of sp³-hybridized carbons (Fsp3) is 0.321. The molecular formula is C28H33ClN8O2. The molecule has 2 aromatic carbocycles. The summed E-state index contributed by atoms with van der Waals surface area (Å²) in [5, 5.41) is 10.4. The molecule has 11 heteroatoms. The van der Waals surface area contributed by atoms with Crippen LogP contribution in [0.1, 0.15) is 0 Å². The third-order valence-corrected chi connectivity index (χ3v) is 7.18. The average Bonchev–Trinajstić information content (AvgIpc) is 2.93. The van der Waals surface area contributed by atoms with E-state index in [0.717, 1.165) is 48.9 Å². The van der Waals surface area contributed by atoms with Crippen molar-refractivity contribution in [2.45, 2.75) is 6.04 Å². The molecule has 1 amide bonds. The van der Waals surface area contributed by atoms with Gasteiger partial charge in [-0.1, -0.05) is 24.2 Å². The summed E-state index contributed by atoms with van der Waals surface area (Å²) in [7, 11) is 3.80. The summed E-state index contributed by atoms with van der Waals surface area (Å²) in [4.78, 5) is 27.1. The first-order chi connectivity index (χ1) is 18.9. The van der Waals surface area contributed by atoms with Gasteiger partial charge in [-0.2, -0.15) is 4.98 Å². The van der Waals surface area contributed by atoms with Crippen molar-refractivity contribution in [3.05, 3.63) is 66.3 Å². The van der Waals surface area contributed by atoms with Crippen molar-refractivity contribution in [1.29, 1.82) is 0 Å². The highest BCUT2D eigenvalue weighted by Crippen LogP contribution is 2.33. The monoisotopic (exact) mass is 548 g/mol. The Morgan fingerprint density at radius 3 is 2.62 bits per heavy atom. The Hall–Kier alpha value is -4.02. The van der Waals surface area contributed by atoms with Gasteiger partial charge < -0.3 is 35.4 Å². The Balaban J connectivity index is 1.25. The van der Waals surface area contributed by atoms with Crippen LogP contribution in [0.15, 0.2) is 61.3 Å². The number of anilines is 6. The van der Waals surface area contributed by atoms with Gasteiger partial charge in [-0.3, -0.25) is 4.79 Å². The SMILES string of the molecule is C=CC(=O)N1CC(Nc2cccc(Nc3nc(Nc4ccc(N5CCN(C)CC5)cc4OC)ncc3Cl)c2)C1. The average molecular weight is 549 g/mol. The normalized spacial score (nSPS) is 15.9. The number of likely N-dealkylation sites (tertiary alicyclic amines) is 1. The van der Waals surface area contributed by atoms with E-state index in [9.17, 15) is 4.79 Å². The number of carbonyl (C=O) groups excluding carboxylic acids is 1. The second-order valence-corrected chi connectivity index (χ2v) is 10.1. The zero-order valence-electron chi connectivity index (χ0n) is 22.2. The number of aromatic nitrogens is 2. The summed E-state index contributed by atoms with van der Waals surface area (Å²) in [5.74, 6) is 1.53. The molecule has 5 rings (SSSR count). The zero-order chi connectivity index (χ0) is 27.4. The Morgan fingerprint density at radius 2 is 1.87 bits per heavy atom. The molecule has 2 saturated heterocycles. The molecule has 39 heavy (non-hydrogen) atoms. The molecular weight excluding hydrogens is 516 g/mol. The lowest BCUT2D eigenvalue weighted by Gasteiger charge is -2.39. The molecule has 2 aliphatic rings. The number of amides is 1. The van der Waals surface area contributed by atoms with Crippen LogP contribution < -0.4 is 25.6 Å². The molecule has 0 saturated carbocycles. The van der Waals surface area contributed by atoms with Gasteiger partial charge in [0.2, 0.25) is 11.9 Å². The summed E-state index contributed by atoms with van der Waals surface area (Å²) in [6, 6.07) is 14.1. The van der Waals surface area contributed by atoms with Crippen molar-refractivity contribution in [3.8, 4) is 5.75 Å². The first kappa shape index (κ1) is 26.6. The lowest BCUT2D eigenvalue weighted by molar-refractivity contribution is -0.129. The van der Waals surface area contributed by atoms with Crippen LogP contribution in [0.3, 0.4) is 0 Å². The summed E-state index contributed by atoms with van der Waals surface area (Å²) in [5.41, 5.74) is 3.64. The molecule has 0 aliphatic carbocycles. The fourth-order valence-corrected chi connectivity index (χ4v) is 4.76. The standard InChI is InChI=1S/C28H33ClN8O2/c1-4-26(38)37-17-21(18-37)31-19-6-5-7-20(14-19)32-27-23(29)16-30-28(34-27)33-24-9-8-22(15-25(24)39-3)36-12-10-35(2)11-13-36/h4-9,14-16,21,31H,1,10-13,17-18H2,2-3H3,(H2,30,32,33,34). The molecule has 3 N–H and O–H groups in total. The maximum Gasteiger partial charge on any atom is 0.246 e. The zero-order valence-corrected chi connectivity index (χ0v) is 22.9. The molecule has 0 bridgehead atoms. The Bertz CT molecular complexity index is 1340. The minimum absolute atomic E-state index is 0.0464. The smallest absolute Gasteiger partial charge is 0.246 e. The predicted molar refractivity (Wildman–Crippen MR) is 157 cm³/mol. The first-order valence-corrected chi connectivity index (χ1v) is 13.3. The number of likely N-dealkylation sites (N-methyl/N-ethyl adjacent to an activating group) is 1. The molecule has 204 valence electrons. The van der Waals surface area contributed by atoms with Gasteiger partial charge in [-0.15, -0.1) is 0 Å². The van der Waals surface area contributed by atoms with Gasteiger partial charge in [0.15, 0.2) is 5.82 Å². The summed E-state index contributed by atoms with van der Waals surface area (Å²) < 4.78 is 5.67. The number of carbonyl (C=O) groups is 1. The van der Waals surface area contributed by atoms with E-state index in [-0.39, 0.29) is 11.9 Å². The van der Waals surface area contributed by atoms with E-state index in [1.54, 1.807) is 18.2 Å². The summed E-state index contributed by atoms with van der Waals surface area (Å²) in [6.45, 7) is 8.86. The molecule has 3 aromatic rings. The number of hydrogen-bond acceptors (Lipinski definition) is 9. The van der Waals surface area contributed by atoms with E-state index in [2.05, 4.69) is 55.4 Å². The molecule has 2 aliphatic heterocycles. The van der Waals surface area contributed by atoms with Crippen LogP contribution in [-0.2, 0) is 4.79 Å². The van der Waals surface area contributed by atoms with Gasteiger partial charge in [0.05, 0.1) is 25.0 Å². The number of nitrogens with zero attached hydrogens (tertiary/aromatic N) is 5. The Morgan fingerprint density at radius 1 is 1.10 bits per heavy atom. The Kier molecular flexibility index (Phi) is 8.04. The molecule has 0 radical (unpaired) electrons. The summed E-state index contributed by atoms with van der Waals surface area (Å²) >= 11 is 6.43. The van der Waals surface area contributed by atoms with Gasteiger partial charge in [0, 0.05) is 62.4 Å². The summed E-state index contributed by atoms with van der Waals surface area (Å²) in [6.07, 6.45) is 2.90. The van der Waals surface area contributed by atoms with E-state index < -0.39 is 0 Å². The van der Waals surface area contributed by atoms with Gasteiger partial charge >= 0.3 is 0 Å². The van der Waals surface area contributed by atoms with Gasteiger partial charge in [0.25, 0.3) is 0 Å². The number of halogens is 1. The minimum Gasteiger partial charge on any atom is -0.494 e. The highest BCUT2D eigenvalue weighted by atomic mass is 35.5. The molecule has 0 spiro atoms. The molecule has 1 aromatic heterocycles. The maximum absolute atomic E-state index is 11.7. The number of benzene rings is 2. The van der Waals surface area contributed by atoms with E-state index in [0.29, 0.717) is 35.6 Å². The van der Waals surface area contributed by atoms with Crippen LogP contribution in [-0.4, -0.2) is 85.1 Å². The fourth-order valence-electron chi connectivity index (χ4n) is 4.62. The van der Waals surface area contributed by atoms with Gasteiger partial charge in [-0.05, 0) is 43.5 Å². The number of rotatable bonds is 9. The third kappa shape index (κ3) is 6.35. The van der Waals surface area contributed by atoms with Crippen molar-refractivity contribution in [2.24, 2.45) is 0 Å². The van der Waals surface area contributed by atoms with Crippen LogP contribution in [0, 0.1) is 0 Å². The highest BCUT2D eigenvalue weighted by Gasteiger charge is 2.29.